The van der Waals surface area contributed by atoms with Crippen molar-refractivity contribution in [3.63, 3.8) is 0 Å². The summed E-state index contributed by atoms with van der Waals surface area (Å²) in [5.74, 6) is 1.59. The standard InChI is InChI=1S/C14H17ClN4/c1-10-5-6-11(2)19(10)14-16-12(15)9-13(17-14)18-7-3-4-8-18/h5-6,9H,3-4,7-8H2,1-2H3. The summed E-state index contributed by atoms with van der Waals surface area (Å²) in [5, 5.41) is 0.499. The Morgan fingerprint density at radius 1 is 1.05 bits per heavy atom. The van der Waals surface area contributed by atoms with E-state index in [0.29, 0.717) is 11.1 Å². The Kier molecular flexibility index (Phi) is 3.19. The van der Waals surface area contributed by atoms with Crippen molar-refractivity contribution in [1.29, 1.82) is 0 Å². The van der Waals surface area contributed by atoms with Gasteiger partial charge < -0.3 is 4.90 Å². The molecule has 4 nitrogen and oxygen atoms in total. The molecular weight excluding hydrogens is 260 g/mol. The Hall–Kier alpha value is -1.55. The van der Waals surface area contributed by atoms with Crippen LogP contribution in [0.3, 0.4) is 0 Å². The average Bonchev–Trinajstić information content (AvgIpc) is 2.99. The fourth-order valence-electron chi connectivity index (χ4n) is 2.59. The highest BCUT2D eigenvalue weighted by atomic mass is 35.5. The molecule has 100 valence electrons. The molecule has 0 spiro atoms. The van der Waals surface area contributed by atoms with E-state index >= 15 is 0 Å². The zero-order chi connectivity index (χ0) is 13.4. The van der Waals surface area contributed by atoms with Crippen LogP contribution >= 0.6 is 11.6 Å². The molecule has 1 aliphatic rings. The fourth-order valence-corrected chi connectivity index (χ4v) is 2.76. The first-order valence-electron chi connectivity index (χ1n) is 6.60. The molecule has 1 saturated heterocycles. The van der Waals surface area contributed by atoms with Crippen molar-refractivity contribution >= 4 is 17.4 Å². The lowest BCUT2D eigenvalue weighted by Crippen LogP contribution is -2.20. The average molecular weight is 277 g/mol. The monoisotopic (exact) mass is 276 g/mol. The number of anilines is 1. The quantitative estimate of drug-likeness (QED) is 0.790. The van der Waals surface area contributed by atoms with E-state index in [4.69, 9.17) is 11.6 Å². The molecule has 3 heterocycles. The third-order valence-corrected chi connectivity index (χ3v) is 3.76. The Bertz CT molecular complexity index is 580. The molecule has 0 N–H and O–H groups in total. The van der Waals surface area contributed by atoms with Crippen molar-refractivity contribution < 1.29 is 0 Å². The molecule has 0 bridgehead atoms. The van der Waals surface area contributed by atoms with Gasteiger partial charge in [-0.15, -0.1) is 0 Å². The van der Waals surface area contributed by atoms with Crippen LogP contribution < -0.4 is 4.90 Å². The van der Waals surface area contributed by atoms with Crippen LogP contribution in [0.15, 0.2) is 18.2 Å². The van der Waals surface area contributed by atoms with Crippen LogP contribution in [0.2, 0.25) is 5.15 Å². The zero-order valence-corrected chi connectivity index (χ0v) is 12.0. The third kappa shape index (κ3) is 2.32. The van der Waals surface area contributed by atoms with Gasteiger partial charge in [-0.25, -0.2) is 4.98 Å². The third-order valence-electron chi connectivity index (χ3n) is 3.57. The minimum absolute atomic E-state index is 0.499. The van der Waals surface area contributed by atoms with Crippen LogP contribution in [0.25, 0.3) is 5.95 Å². The molecule has 0 unspecified atom stereocenters. The molecule has 2 aromatic rings. The zero-order valence-electron chi connectivity index (χ0n) is 11.2. The van der Waals surface area contributed by atoms with E-state index in [1.165, 1.54) is 12.8 Å². The summed E-state index contributed by atoms with van der Waals surface area (Å²) in [5.41, 5.74) is 2.24. The lowest BCUT2D eigenvalue weighted by Gasteiger charge is -2.18. The van der Waals surface area contributed by atoms with E-state index in [0.717, 1.165) is 30.3 Å². The number of hydrogen-bond acceptors (Lipinski definition) is 3. The largest absolute Gasteiger partial charge is 0.356 e. The number of aromatic nitrogens is 3. The molecule has 1 fully saturated rings. The van der Waals surface area contributed by atoms with Crippen LogP contribution in [-0.4, -0.2) is 27.6 Å². The Labute approximate surface area is 118 Å². The van der Waals surface area contributed by atoms with Crippen LogP contribution in [0.5, 0.6) is 0 Å². The van der Waals surface area contributed by atoms with Gasteiger partial charge in [-0.05, 0) is 38.8 Å². The number of aryl methyl sites for hydroxylation is 2. The predicted molar refractivity (Wildman–Crippen MR) is 77.3 cm³/mol. The van der Waals surface area contributed by atoms with E-state index in [-0.39, 0.29) is 0 Å². The van der Waals surface area contributed by atoms with Crippen molar-refractivity contribution in [1.82, 2.24) is 14.5 Å². The smallest absolute Gasteiger partial charge is 0.237 e. The normalized spacial score (nSPS) is 15.2. The van der Waals surface area contributed by atoms with E-state index < -0.39 is 0 Å². The highest BCUT2D eigenvalue weighted by molar-refractivity contribution is 6.29. The minimum Gasteiger partial charge on any atom is -0.356 e. The van der Waals surface area contributed by atoms with Gasteiger partial charge in [-0.2, -0.15) is 4.98 Å². The maximum atomic E-state index is 6.16. The lowest BCUT2D eigenvalue weighted by atomic mass is 10.4. The highest BCUT2D eigenvalue weighted by Crippen LogP contribution is 2.23. The van der Waals surface area contributed by atoms with Gasteiger partial charge in [0, 0.05) is 30.5 Å². The van der Waals surface area contributed by atoms with Gasteiger partial charge in [0.15, 0.2) is 0 Å². The predicted octanol–water partition coefficient (Wildman–Crippen LogP) is 3.14. The first kappa shape index (κ1) is 12.5. The van der Waals surface area contributed by atoms with Crippen LogP contribution in [-0.2, 0) is 0 Å². The maximum Gasteiger partial charge on any atom is 0.237 e. The summed E-state index contributed by atoms with van der Waals surface area (Å²) in [6.07, 6.45) is 2.44. The number of rotatable bonds is 2. The molecule has 2 aromatic heterocycles. The van der Waals surface area contributed by atoms with Crippen molar-refractivity contribution in [3.05, 3.63) is 34.7 Å². The Balaban J connectivity index is 2.07. The number of hydrogen-bond donors (Lipinski definition) is 0. The lowest BCUT2D eigenvalue weighted by molar-refractivity contribution is 0.849. The minimum atomic E-state index is 0.499. The summed E-state index contributed by atoms with van der Waals surface area (Å²) in [7, 11) is 0. The van der Waals surface area contributed by atoms with E-state index in [1.54, 1.807) is 0 Å². The summed E-state index contributed by atoms with van der Waals surface area (Å²) >= 11 is 6.16. The molecule has 3 rings (SSSR count). The number of halogens is 1. The van der Waals surface area contributed by atoms with Crippen molar-refractivity contribution in [3.8, 4) is 5.95 Å². The van der Waals surface area contributed by atoms with Gasteiger partial charge >= 0.3 is 0 Å². The molecule has 0 atom stereocenters. The summed E-state index contributed by atoms with van der Waals surface area (Å²) in [4.78, 5) is 11.3. The molecule has 19 heavy (non-hydrogen) atoms. The molecule has 0 aromatic carbocycles. The first-order chi connectivity index (χ1) is 9.15. The Morgan fingerprint density at radius 3 is 2.32 bits per heavy atom. The van der Waals surface area contributed by atoms with E-state index in [9.17, 15) is 0 Å². The maximum absolute atomic E-state index is 6.16. The molecule has 0 aliphatic carbocycles. The van der Waals surface area contributed by atoms with Crippen molar-refractivity contribution in [2.75, 3.05) is 18.0 Å². The highest BCUT2D eigenvalue weighted by Gasteiger charge is 2.16. The van der Waals surface area contributed by atoms with Gasteiger partial charge in [-0.3, -0.25) is 4.57 Å². The molecule has 0 amide bonds. The summed E-state index contributed by atoms with van der Waals surface area (Å²) in [6, 6.07) is 5.98. The van der Waals surface area contributed by atoms with Gasteiger partial charge in [0.25, 0.3) is 0 Å². The fraction of sp³-hybridized carbons (Fsp3) is 0.429. The van der Waals surface area contributed by atoms with Crippen LogP contribution in [0.4, 0.5) is 5.82 Å². The molecule has 5 heteroatoms. The van der Waals surface area contributed by atoms with Crippen LogP contribution in [0.1, 0.15) is 24.2 Å². The Morgan fingerprint density at radius 2 is 1.68 bits per heavy atom. The second-order valence-corrected chi connectivity index (χ2v) is 5.38. The second kappa shape index (κ2) is 4.85. The summed E-state index contributed by atoms with van der Waals surface area (Å²) < 4.78 is 2.03. The second-order valence-electron chi connectivity index (χ2n) is 4.99. The molecule has 0 radical (unpaired) electrons. The molecular formula is C14H17ClN4. The van der Waals surface area contributed by atoms with Crippen LogP contribution in [0, 0.1) is 13.8 Å². The van der Waals surface area contributed by atoms with Crippen molar-refractivity contribution in [2.45, 2.75) is 26.7 Å². The topological polar surface area (TPSA) is 34.0 Å². The first-order valence-corrected chi connectivity index (χ1v) is 6.98. The van der Waals surface area contributed by atoms with Gasteiger partial charge in [-0.1, -0.05) is 11.6 Å². The SMILES string of the molecule is Cc1ccc(C)n1-c1nc(Cl)cc(N2CCCC2)n1. The van der Waals surface area contributed by atoms with E-state index in [2.05, 4.69) is 27.0 Å². The van der Waals surface area contributed by atoms with Gasteiger partial charge in [0.05, 0.1) is 0 Å². The van der Waals surface area contributed by atoms with Gasteiger partial charge in [0.1, 0.15) is 11.0 Å². The molecule has 0 saturated carbocycles. The van der Waals surface area contributed by atoms with Gasteiger partial charge in [0.2, 0.25) is 5.95 Å². The summed E-state index contributed by atoms with van der Waals surface area (Å²) in [6.45, 7) is 6.20. The number of nitrogens with zero attached hydrogens (tertiary/aromatic N) is 4. The van der Waals surface area contributed by atoms with E-state index in [1.807, 2.05) is 24.5 Å². The molecule has 1 aliphatic heterocycles. The van der Waals surface area contributed by atoms with Crippen molar-refractivity contribution in [2.24, 2.45) is 0 Å².